The van der Waals surface area contributed by atoms with Gasteiger partial charge in [0.25, 0.3) is 0 Å². The highest BCUT2D eigenvalue weighted by atomic mass is 19.2. The van der Waals surface area contributed by atoms with E-state index in [0.717, 1.165) is 32.0 Å². The van der Waals surface area contributed by atoms with E-state index in [1.165, 1.54) is 0 Å². The van der Waals surface area contributed by atoms with Gasteiger partial charge in [-0.25, -0.2) is 0 Å². The lowest BCUT2D eigenvalue weighted by Gasteiger charge is -2.55. The molecule has 3 heteroatoms. The molecule has 0 heterocycles. The fraction of sp³-hybridized carbons (Fsp3) is 0.875. The van der Waals surface area contributed by atoms with Crippen molar-refractivity contribution in [2.75, 3.05) is 0 Å². The van der Waals surface area contributed by atoms with Gasteiger partial charge in [-0.1, -0.05) is 0 Å². The van der Waals surface area contributed by atoms with Gasteiger partial charge in [-0.15, -0.1) is 4.48 Å². The minimum atomic E-state index is 0.0719. The topological polar surface area (TPSA) is 29.1 Å². The average Bonchev–Trinajstić information content (AvgIpc) is 1.83. The zero-order chi connectivity index (χ0) is 7.90. The Hall–Kier alpha value is -0.440. The molecule has 0 aromatic heterocycles. The van der Waals surface area contributed by atoms with Gasteiger partial charge in [-0.2, -0.15) is 5.54 Å². The molecule has 0 aromatic rings. The van der Waals surface area contributed by atoms with Gasteiger partial charge in [0.15, 0.2) is 0 Å². The molecule has 0 atom stereocenters. The number of aldehydes is 1. The van der Waals surface area contributed by atoms with E-state index >= 15 is 0 Å². The lowest BCUT2D eigenvalue weighted by atomic mass is 9.50. The Bertz CT molecular complexity index is 169. The second kappa shape index (κ2) is 2.27. The van der Waals surface area contributed by atoms with Crippen LogP contribution in [-0.4, -0.2) is 12.3 Å². The first-order valence-electron chi connectivity index (χ1n) is 4.09. The fourth-order valence-corrected chi connectivity index (χ4v) is 2.54. The maximum Gasteiger partial charge on any atom is 0.123 e. The largest absolute Gasteiger partial charge is 0.303 e. The summed E-state index contributed by atoms with van der Waals surface area (Å²) in [6.45, 7) is 0. The molecule has 0 aliphatic heterocycles. The lowest BCUT2D eigenvalue weighted by Crippen LogP contribution is -2.53. The maximum atomic E-state index is 11.8. The van der Waals surface area contributed by atoms with E-state index in [1.54, 1.807) is 5.54 Å². The van der Waals surface area contributed by atoms with Crippen LogP contribution in [-0.2, 0) is 4.79 Å². The van der Waals surface area contributed by atoms with Crippen molar-refractivity contribution in [3.05, 3.63) is 0 Å². The Morgan fingerprint density at radius 1 is 1.36 bits per heavy atom. The van der Waals surface area contributed by atoms with E-state index in [4.69, 9.17) is 0 Å². The fourth-order valence-electron chi connectivity index (χ4n) is 2.54. The van der Waals surface area contributed by atoms with Gasteiger partial charge in [-0.05, 0) is 31.1 Å². The minimum Gasteiger partial charge on any atom is -0.303 e. The lowest BCUT2D eigenvalue weighted by molar-refractivity contribution is -0.125. The third-order valence-electron chi connectivity index (χ3n) is 3.10. The van der Waals surface area contributed by atoms with E-state index < -0.39 is 0 Å². The van der Waals surface area contributed by atoms with Crippen molar-refractivity contribution in [3.8, 4) is 0 Å². The van der Waals surface area contributed by atoms with Crippen LogP contribution in [0.4, 0.5) is 4.48 Å². The monoisotopic (exact) mass is 157 g/mol. The number of hydrogen-bond acceptors (Lipinski definition) is 2. The molecule has 0 unspecified atom stereocenters. The van der Waals surface area contributed by atoms with Crippen LogP contribution in [0.3, 0.4) is 0 Å². The summed E-state index contributed by atoms with van der Waals surface area (Å²) in [4.78, 5) is 10.3. The summed E-state index contributed by atoms with van der Waals surface area (Å²) in [5.74, 6) is 0.274. The Balaban J connectivity index is 1.79. The number of hydrogen-bond donors (Lipinski definition) is 1. The van der Waals surface area contributed by atoms with Gasteiger partial charge in [0, 0.05) is 12.0 Å². The van der Waals surface area contributed by atoms with Crippen LogP contribution in [0.1, 0.15) is 25.7 Å². The normalized spacial score (nSPS) is 48.1. The van der Waals surface area contributed by atoms with Crippen molar-refractivity contribution in [2.24, 2.45) is 11.3 Å². The molecule has 2 nitrogen and oxygen atoms in total. The van der Waals surface area contributed by atoms with Crippen molar-refractivity contribution in [1.29, 1.82) is 0 Å². The van der Waals surface area contributed by atoms with Gasteiger partial charge < -0.3 is 4.79 Å². The second-order valence-corrected chi connectivity index (χ2v) is 4.02. The molecule has 2 aliphatic carbocycles. The summed E-state index contributed by atoms with van der Waals surface area (Å²) in [5, 5.41) is 0. The molecule has 62 valence electrons. The number of rotatable bonds is 2. The third-order valence-corrected chi connectivity index (χ3v) is 3.10. The summed E-state index contributed by atoms with van der Waals surface area (Å²) in [7, 11) is 0. The van der Waals surface area contributed by atoms with E-state index in [1.807, 2.05) is 0 Å². The molecule has 0 amide bonds. The molecule has 11 heavy (non-hydrogen) atoms. The number of carbonyl (C=O) groups is 1. The zero-order valence-corrected chi connectivity index (χ0v) is 6.35. The summed E-state index contributed by atoms with van der Waals surface area (Å²) in [6, 6.07) is 0.0719. The molecule has 2 aliphatic rings. The van der Waals surface area contributed by atoms with E-state index in [-0.39, 0.29) is 12.0 Å². The highest BCUT2D eigenvalue weighted by Gasteiger charge is 2.52. The Kier molecular flexibility index (Phi) is 1.49. The Morgan fingerprint density at radius 2 is 2.00 bits per heavy atom. The van der Waals surface area contributed by atoms with Crippen LogP contribution in [0.2, 0.25) is 0 Å². The number of halogens is 1. The molecule has 0 radical (unpaired) electrons. The first-order chi connectivity index (χ1) is 5.28. The molecular weight excluding hydrogens is 145 g/mol. The number of carbonyl (C=O) groups excluding carboxylic acids is 1. The summed E-state index contributed by atoms with van der Waals surface area (Å²) >= 11 is 0. The first-order valence-corrected chi connectivity index (χ1v) is 4.09. The van der Waals surface area contributed by atoms with Crippen LogP contribution < -0.4 is 5.54 Å². The molecule has 2 rings (SSSR count). The zero-order valence-electron chi connectivity index (χ0n) is 6.35. The Labute approximate surface area is 65.1 Å². The van der Waals surface area contributed by atoms with Crippen molar-refractivity contribution >= 4 is 6.29 Å². The molecule has 0 bridgehead atoms. The van der Waals surface area contributed by atoms with Crippen LogP contribution in [0.15, 0.2) is 0 Å². The van der Waals surface area contributed by atoms with Crippen molar-refractivity contribution in [2.45, 2.75) is 31.7 Å². The number of nitrogens with one attached hydrogen (secondary N) is 1. The minimum absolute atomic E-state index is 0.0719. The molecule has 1 N–H and O–H groups in total. The molecule has 0 aromatic carbocycles. The summed E-state index contributed by atoms with van der Waals surface area (Å²) < 4.78 is 11.8. The van der Waals surface area contributed by atoms with E-state index in [2.05, 4.69) is 0 Å². The van der Waals surface area contributed by atoms with E-state index in [9.17, 15) is 9.28 Å². The standard InChI is InChI=1S/C8H12FNO/c9-10-7-3-8(4-7)1-6(2-8)5-11/h5-7,10H,1-4H2. The second-order valence-electron chi connectivity index (χ2n) is 4.02. The molecule has 2 fully saturated rings. The smallest absolute Gasteiger partial charge is 0.123 e. The van der Waals surface area contributed by atoms with Crippen LogP contribution >= 0.6 is 0 Å². The summed E-state index contributed by atoms with van der Waals surface area (Å²) in [6.07, 6.45) is 4.87. The molecule has 0 saturated heterocycles. The predicted octanol–water partition coefficient (Wildman–Crippen LogP) is 1.22. The maximum absolute atomic E-state index is 11.8. The van der Waals surface area contributed by atoms with Crippen LogP contribution in [0.25, 0.3) is 0 Å². The van der Waals surface area contributed by atoms with Crippen LogP contribution in [0.5, 0.6) is 0 Å². The van der Waals surface area contributed by atoms with Gasteiger partial charge in [0.2, 0.25) is 0 Å². The van der Waals surface area contributed by atoms with Crippen LogP contribution in [0, 0.1) is 11.3 Å². The Morgan fingerprint density at radius 3 is 2.45 bits per heavy atom. The molecular formula is C8H12FNO. The highest BCUT2D eigenvalue weighted by Crippen LogP contribution is 2.57. The van der Waals surface area contributed by atoms with Gasteiger partial charge in [-0.3, -0.25) is 0 Å². The van der Waals surface area contributed by atoms with Gasteiger partial charge in [0.05, 0.1) is 0 Å². The van der Waals surface area contributed by atoms with E-state index in [0.29, 0.717) is 5.41 Å². The van der Waals surface area contributed by atoms with Crippen molar-refractivity contribution in [3.63, 3.8) is 0 Å². The first kappa shape index (κ1) is 7.22. The average molecular weight is 157 g/mol. The van der Waals surface area contributed by atoms with Crippen molar-refractivity contribution in [1.82, 2.24) is 5.54 Å². The quantitative estimate of drug-likeness (QED) is 0.482. The summed E-state index contributed by atoms with van der Waals surface area (Å²) in [5.41, 5.74) is 2.13. The van der Waals surface area contributed by atoms with Gasteiger partial charge >= 0.3 is 0 Å². The van der Waals surface area contributed by atoms with Crippen molar-refractivity contribution < 1.29 is 9.28 Å². The third kappa shape index (κ3) is 0.984. The highest BCUT2D eigenvalue weighted by molar-refractivity contribution is 5.56. The molecule has 2 saturated carbocycles. The molecule has 1 spiro atoms. The van der Waals surface area contributed by atoms with Gasteiger partial charge in [0.1, 0.15) is 6.29 Å². The predicted molar refractivity (Wildman–Crippen MR) is 38.5 cm³/mol. The SMILES string of the molecule is O=CC1CC2(C1)CC(NF)C2.